The fourth-order valence-electron chi connectivity index (χ4n) is 2.03. The van der Waals surface area contributed by atoms with Gasteiger partial charge in [-0.1, -0.05) is 11.3 Å². The van der Waals surface area contributed by atoms with Crippen LogP contribution in [-0.2, 0) is 4.79 Å². The number of hydrogen-bond acceptors (Lipinski definition) is 6. The van der Waals surface area contributed by atoms with Gasteiger partial charge in [-0.25, -0.2) is 4.98 Å². The van der Waals surface area contributed by atoms with Crippen molar-refractivity contribution in [3.05, 3.63) is 4.88 Å². The van der Waals surface area contributed by atoms with E-state index in [9.17, 15) is 9.59 Å². The molecule has 8 heteroatoms. The van der Waals surface area contributed by atoms with Crippen LogP contribution >= 0.6 is 11.3 Å². The van der Waals surface area contributed by atoms with Gasteiger partial charge in [-0.05, 0) is 13.3 Å². The maximum Gasteiger partial charge on any atom is 0.267 e. The number of hydrogen-bond donors (Lipinski definition) is 3. The number of likely N-dealkylation sites (tertiary alicyclic amines) is 1. The molecule has 7 nitrogen and oxygen atoms in total. The number of amides is 2. The molecule has 1 aliphatic rings. The molecule has 19 heavy (non-hydrogen) atoms. The Kier molecular flexibility index (Phi) is 3.89. The van der Waals surface area contributed by atoms with Crippen molar-refractivity contribution < 1.29 is 9.59 Å². The first-order valence-corrected chi connectivity index (χ1v) is 6.93. The normalized spacial score (nSPS) is 18.6. The van der Waals surface area contributed by atoms with Gasteiger partial charge in [-0.3, -0.25) is 9.59 Å². The highest BCUT2D eigenvalue weighted by molar-refractivity contribution is 7.18. The second kappa shape index (κ2) is 5.43. The van der Waals surface area contributed by atoms with E-state index in [0.29, 0.717) is 36.1 Å². The number of nitrogen functional groups attached to an aromatic ring is 1. The highest BCUT2D eigenvalue weighted by Crippen LogP contribution is 2.28. The van der Waals surface area contributed by atoms with Gasteiger partial charge in [0.1, 0.15) is 10.7 Å². The van der Waals surface area contributed by atoms with Crippen molar-refractivity contribution in [2.45, 2.75) is 13.3 Å². The molecule has 0 bridgehead atoms. The Morgan fingerprint density at radius 3 is 2.89 bits per heavy atom. The van der Waals surface area contributed by atoms with E-state index < -0.39 is 0 Å². The number of nitrogens with two attached hydrogens (primary N) is 2. The second-order valence-corrected chi connectivity index (χ2v) is 5.40. The number of nitrogens with one attached hydrogen (secondary N) is 1. The number of rotatable bonds is 4. The fraction of sp³-hybridized carbons (Fsp3) is 0.545. The van der Waals surface area contributed by atoms with E-state index in [0.717, 1.165) is 0 Å². The van der Waals surface area contributed by atoms with E-state index in [4.69, 9.17) is 11.5 Å². The van der Waals surface area contributed by atoms with E-state index in [1.165, 1.54) is 11.3 Å². The highest BCUT2D eigenvalue weighted by Gasteiger charge is 2.32. The van der Waals surface area contributed by atoms with Gasteiger partial charge < -0.3 is 21.7 Å². The Morgan fingerprint density at radius 1 is 1.58 bits per heavy atom. The number of carbonyl (C=O) groups excluding carboxylic acids is 2. The summed E-state index contributed by atoms with van der Waals surface area (Å²) in [6.07, 6.45) is 0.611. The lowest BCUT2D eigenvalue weighted by atomic mass is 10.1. The Bertz CT molecular complexity index is 501. The van der Waals surface area contributed by atoms with Crippen molar-refractivity contribution in [3.63, 3.8) is 0 Å². The molecule has 0 spiro atoms. The number of aromatic nitrogens is 1. The van der Waals surface area contributed by atoms with Gasteiger partial charge in [0.15, 0.2) is 5.13 Å². The van der Waals surface area contributed by atoms with Crippen molar-refractivity contribution in [1.82, 2.24) is 9.88 Å². The van der Waals surface area contributed by atoms with E-state index in [1.807, 2.05) is 6.92 Å². The van der Waals surface area contributed by atoms with Gasteiger partial charge in [0.2, 0.25) is 5.91 Å². The zero-order valence-corrected chi connectivity index (χ0v) is 11.5. The maximum absolute atomic E-state index is 12.3. The quantitative estimate of drug-likeness (QED) is 0.725. The molecule has 0 aromatic carbocycles. The largest absolute Gasteiger partial charge is 0.382 e. The number of anilines is 2. The van der Waals surface area contributed by atoms with Crippen LogP contribution in [0.2, 0.25) is 0 Å². The summed E-state index contributed by atoms with van der Waals surface area (Å²) in [5.74, 6) is -0.566. The summed E-state index contributed by atoms with van der Waals surface area (Å²) in [5.41, 5.74) is 11.0. The number of nitrogens with zero attached hydrogens (tertiary/aromatic N) is 2. The van der Waals surface area contributed by atoms with Crippen molar-refractivity contribution in [2.24, 2.45) is 11.7 Å². The maximum atomic E-state index is 12.3. The van der Waals surface area contributed by atoms with Gasteiger partial charge in [0.25, 0.3) is 5.91 Å². The Labute approximate surface area is 115 Å². The molecule has 5 N–H and O–H groups in total. The molecule has 1 aliphatic heterocycles. The number of thiazole rings is 1. The molecule has 1 fully saturated rings. The standard InChI is InChI=1S/C11H17N5O2S/c1-2-14-11-15-8(12)7(19-11)10(18)16-4-3-6(5-16)9(13)17/h6H,2-5,12H2,1H3,(H2,13,17)(H,14,15). The van der Waals surface area contributed by atoms with Crippen LogP contribution < -0.4 is 16.8 Å². The zero-order valence-electron chi connectivity index (χ0n) is 10.7. The number of carbonyl (C=O) groups is 2. The van der Waals surface area contributed by atoms with Crippen LogP contribution in [0.3, 0.4) is 0 Å². The van der Waals surface area contributed by atoms with Crippen LogP contribution in [0.25, 0.3) is 0 Å². The summed E-state index contributed by atoms with van der Waals surface area (Å²) in [6, 6.07) is 0. The molecule has 1 unspecified atom stereocenters. The van der Waals surface area contributed by atoms with Crippen molar-refractivity contribution in [3.8, 4) is 0 Å². The third-order valence-corrected chi connectivity index (χ3v) is 4.07. The van der Waals surface area contributed by atoms with Gasteiger partial charge in [0, 0.05) is 19.6 Å². The lowest BCUT2D eigenvalue weighted by Gasteiger charge is -2.14. The predicted octanol–water partition coefficient (Wildman–Crippen LogP) is 0.104. The Hall–Kier alpha value is -1.83. The summed E-state index contributed by atoms with van der Waals surface area (Å²) in [5, 5.41) is 3.66. The average molecular weight is 283 g/mol. The smallest absolute Gasteiger partial charge is 0.267 e. The minimum absolute atomic E-state index is 0.178. The first-order valence-electron chi connectivity index (χ1n) is 6.11. The molecule has 0 radical (unpaired) electrons. The van der Waals surface area contributed by atoms with E-state index in [2.05, 4.69) is 10.3 Å². The molecule has 1 aromatic heterocycles. The first-order chi connectivity index (χ1) is 9.02. The lowest BCUT2D eigenvalue weighted by Crippen LogP contribution is -2.31. The molecule has 1 atom stereocenters. The molecule has 0 aliphatic carbocycles. The van der Waals surface area contributed by atoms with Gasteiger partial charge in [0.05, 0.1) is 5.92 Å². The minimum Gasteiger partial charge on any atom is -0.382 e. The highest BCUT2D eigenvalue weighted by atomic mass is 32.1. The van der Waals surface area contributed by atoms with Gasteiger partial charge >= 0.3 is 0 Å². The van der Waals surface area contributed by atoms with Crippen LogP contribution in [0.1, 0.15) is 23.0 Å². The molecule has 2 heterocycles. The third-order valence-electron chi connectivity index (χ3n) is 3.05. The topological polar surface area (TPSA) is 114 Å². The van der Waals surface area contributed by atoms with Crippen LogP contribution in [0.5, 0.6) is 0 Å². The predicted molar refractivity (Wildman–Crippen MR) is 73.9 cm³/mol. The summed E-state index contributed by atoms with van der Waals surface area (Å²) in [7, 11) is 0. The molecular weight excluding hydrogens is 266 g/mol. The molecule has 2 rings (SSSR count). The average Bonchev–Trinajstić information content (AvgIpc) is 2.96. The van der Waals surface area contributed by atoms with Crippen molar-refractivity contribution in [1.29, 1.82) is 0 Å². The third kappa shape index (κ3) is 2.78. The summed E-state index contributed by atoms with van der Waals surface area (Å²) in [6.45, 7) is 3.55. The molecule has 104 valence electrons. The lowest BCUT2D eigenvalue weighted by molar-refractivity contribution is -0.121. The summed E-state index contributed by atoms with van der Waals surface area (Å²) >= 11 is 1.23. The van der Waals surface area contributed by atoms with Crippen LogP contribution in [0.15, 0.2) is 0 Å². The zero-order chi connectivity index (χ0) is 14.0. The number of primary amides is 1. The van der Waals surface area contributed by atoms with Crippen molar-refractivity contribution >= 4 is 34.1 Å². The van der Waals surface area contributed by atoms with Crippen LogP contribution in [0.4, 0.5) is 10.9 Å². The monoisotopic (exact) mass is 283 g/mol. The van der Waals surface area contributed by atoms with Gasteiger partial charge in [-0.2, -0.15) is 0 Å². The fourth-order valence-corrected chi connectivity index (χ4v) is 2.95. The van der Waals surface area contributed by atoms with Gasteiger partial charge in [-0.15, -0.1) is 0 Å². The van der Waals surface area contributed by atoms with E-state index in [-0.39, 0.29) is 23.6 Å². The van der Waals surface area contributed by atoms with E-state index in [1.54, 1.807) is 4.90 Å². The summed E-state index contributed by atoms with van der Waals surface area (Å²) in [4.78, 5) is 29.5. The SMILES string of the molecule is CCNc1nc(N)c(C(=O)N2CCC(C(N)=O)C2)s1. The molecule has 1 aromatic rings. The molecule has 2 amide bonds. The Morgan fingerprint density at radius 2 is 2.32 bits per heavy atom. The molecular formula is C11H17N5O2S. The molecule has 0 saturated carbocycles. The van der Waals surface area contributed by atoms with Crippen molar-refractivity contribution in [2.75, 3.05) is 30.7 Å². The Balaban J connectivity index is 2.10. The first kappa shape index (κ1) is 13.6. The minimum atomic E-state index is -0.360. The van der Waals surface area contributed by atoms with Crippen LogP contribution in [-0.4, -0.2) is 41.3 Å². The molecule has 1 saturated heterocycles. The van der Waals surface area contributed by atoms with E-state index >= 15 is 0 Å². The van der Waals surface area contributed by atoms with Crippen LogP contribution in [0, 0.1) is 5.92 Å². The summed E-state index contributed by atoms with van der Waals surface area (Å²) < 4.78 is 0. The second-order valence-electron chi connectivity index (χ2n) is 4.40.